The molecule has 0 aliphatic rings. The SMILES string of the molecule is C=C.CNC(=O)c1ccc(O)cc1. The summed E-state index contributed by atoms with van der Waals surface area (Å²) in [7, 11) is 1.56. The van der Waals surface area contributed by atoms with E-state index in [-0.39, 0.29) is 11.7 Å². The molecule has 0 saturated heterocycles. The van der Waals surface area contributed by atoms with Gasteiger partial charge in [-0.15, -0.1) is 13.2 Å². The Labute approximate surface area is 77.7 Å². The Balaban J connectivity index is 0.000000671. The van der Waals surface area contributed by atoms with Gasteiger partial charge in [0.2, 0.25) is 0 Å². The number of carbonyl (C=O) groups is 1. The van der Waals surface area contributed by atoms with Gasteiger partial charge < -0.3 is 10.4 Å². The van der Waals surface area contributed by atoms with Crippen molar-refractivity contribution in [1.82, 2.24) is 5.32 Å². The van der Waals surface area contributed by atoms with E-state index in [1.165, 1.54) is 12.1 Å². The zero-order valence-electron chi connectivity index (χ0n) is 7.58. The highest BCUT2D eigenvalue weighted by Gasteiger charge is 2.00. The first-order valence-corrected chi connectivity index (χ1v) is 3.75. The van der Waals surface area contributed by atoms with Gasteiger partial charge in [-0.25, -0.2) is 0 Å². The molecule has 0 heterocycles. The lowest BCUT2D eigenvalue weighted by Gasteiger charge is -1.97. The number of phenolic OH excluding ortho intramolecular Hbond substituents is 1. The number of nitrogens with one attached hydrogen (secondary N) is 1. The molecule has 3 nitrogen and oxygen atoms in total. The van der Waals surface area contributed by atoms with Crippen molar-refractivity contribution in [3.8, 4) is 5.75 Å². The van der Waals surface area contributed by atoms with Crippen LogP contribution in [0.3, 0.4) is 0 Å². The number of rotatable bonds is 1. The predicted octanol–water partition coefficient (Wildman–Crippen LogP) is 1.55. The average molecular weight is 179 g/mol. The number of aromatic hydroxyl groups is 1. The quantitative estimate of drug-likeness (QED) is 0.643. The van der Waals surface area contributed by atoms with E-state index in [1.54, 1.807) is 19.2 Å². The van der Waals surface area contributed by atoms with Crippen LogP contribution in [0.2, 0.25) is 0 Å². The van der Waals surface area contributed by atoms with Crippen LogP contribution in [0.25, 0.3) is 0 Å². The smallest absolute Gasteiger partial charge is 0.251 e. The molecule has 1 amide bonds. The maximum Gasteiger partial charge on any atom is 0.251 e. The molecular weight excluding hydrogens is 166 g/mol. The van der Waals surface area contributed by atoms with Crippen molar-refractivity contribution in [2.24, 2.45) is 0 Å². The van der Waals surface area contributed by atoms with Gasteiger partial charge in [-0.1, -0.05) is 0 Å². The molecule has 0 atom stereocenters. The number of carbonyl (C=O) groups excluding carboxylic acids is 1. The lowest BCUT2D eigenvalue weighted by atomic mass is 10.2. The van der Waals surface area contributed by atoms with Crippen molar-refractivity contribution >= 4 is 5.91 Å². The summed E-state index contributed by atoms with van der Waals surface area (Å²) in [5.41, 5.74) is 0.547. The number of hydrogen-bond donors (Lipinski definition) is 2. The third-order valence-electron chi connectivity index (χ3n) is 1.36. The Morgan fingerprint density at radius 2 is 1.77 bits per heavy atom. The molecule has 1 aromatic rings. The fraction of sp³-hybridized carbons (Fsp3) is 0.100. The van der Waals surface area contributed by atoms with E-state index >= 15 is 0 Å². The average Bonchev–Trinajstić information content (AvgIpc) is 2.21. The van der Waals surface area contributed by atoms with Gasteiger partial charge >= 0.3 is 0 Å². The van der Waals surface area contributed by atoms with Crippen LogP contribution in [-0.4, -0.2) is 18.1 Å². The van der Waals surface area contributed by atoms with Crippen molar-refractivity contribution in [2.45, 2.75) is 0 Å². The Kier molecular flexibility index (Phi) is 5.03. The molecule has 0 unspecified atom stereocenters. The van der Waals surface area contributed by atoms with Crippen molar-refractivity contribution in [3.63, 3.8) is 0 Å². The topological polar surface area (TPSA) is 49.3 Å². The second kappa shape index (κ2) is 5.83. The van der Waals surface area contributed by atoms with Gasteiger partial charge in [-0.3, -0.25) is 4.79 Å². The van der Waals surface area contributed by atoms with Gasteiger partial charge in [0.1, 0.15) is 5.75 Å². The van der Waals surface area contributed by atoms with E-state index in [9.17, 15) is 4.79 Å². The third kappa shape index (κ3) is 3.42. The van der Waals surface area contributed by atoms with Crippen molar-refractivity contribution in [3.05, 3.63) is 43.0 Å². The lowest BCUT2D eigenvalue weighted by Crippen LogP contribution is -2.17. The molecule has 0 aromatic heterocycles. The molecule has 2 N–H and O–H groups in total. The van der Waals surface area contributed by atoms with E-state index in [4.69, 9.17) is 5.11 Å². The maximum atomic E-state index is 10.9. The Morgan fingerprint density at radius 3 is 2.15 bits per heavy atom. The zero-order valence-corrected chi connectivity index (χ0v) is 7.58. The van der Waals surface area contributed by atoms with Gasteiger partial charge in [-0.2, -0.15) is 0 Å². The summed E-state index contributed by atoms with van der Waals surface area (Å²) >= 11 is 0. The Morgan fingerprint density at radius 1 is 1.31 bits per heavy atom. The standard InChI is InChI=1S/C8H9NO2.C2H4/c1-9-8(11)6-2-4-7(10)5-3-6;1-2/h2-5,10H,1H3,(H,9,11);1-2H2. The van der Waals surface area contributed by atoms with Gasteiger partial charge in [0.05, 0.1) is 0 Å². The van der Waals surface area contributed by atoms with E-state index < -0.39 is 0 Å². The highest BCUT2D eigenvalue weighted by Crippen LogP contribution is 2.08. The molecule has 1 rings (SSSR count). The minimum absolute atomic E-state index is 0.148. The molecule has 0 aliphatic carbocycles. The minimum atomic E-state index is -0.148. The summed E-state index contributed by atoms with van der Waals surface area (Å²) in [6, 6.07) is 6.08. The highest BCUT2D eigenvalue weighted by atomic mass is 16.3. The fourth-order valence-corrected chi connectivity index (χ4v) is 0.757. The number of hydrogen-bond acceptors (Lipinski definition) is 2. The number of phenols is 1. The highest BCUT2D eigenvalue weighted by molar-refractivity contribution is 5.93. The molecule has 13 heavy (non-hydrogen) atoms. The van der Waals surface area contributed by atoms with E-state index in [2.05, 4.69) is 18.5 Å². The Hall–Kier alpha value is -1.77. The summed E-state index contributed by atoms with van der Waals surface area (Å²) in [6.07, 6.45) is 0. The van der Waals surface area contributed by atoms with Crippen LogP contribution in [0.5, 0.6) is 5.75 Å². The van der Waals surface area contributed by atoms with E-state index in [1.807, 2.05) is 0 Å². The monoisotopic (exact) mass is 179 g/mol. The van der Waals surface area contributed by atoms with Crippen LogP contribution < -0.4 is 5.32 Å². The molecule has 1 aromatic carbocycles. The molecular formula is C10H13NO2. The summed E-state index contributed by atoms with van der Waals surface area (Å²) in [6.45, 7) is 6.00. The van der Waals surface area contributed by atoms with Gasteiger partial charge in [0.25, 0.3) is 5.91 Å². The largest absolute Gasteiger partial charge is 0.508 e. The van der Waals surface area contributed by atoms with Crippen molar-refractivity contribution in [1.29, 1.82) is 0 Å². The van der Waals surface area contributed by atoms with Crippen molar-refractivity contribution < 1.29 is 9.90 Å². The number of benzene rings is 1. The summed E-state index contributed by atoms with van der Waals surface area (Å²) in [5, 5.41) is 11.4. The molecule has 0 bridgehead atoms. The predicted molar refractivity (Wildman–Crippen MR) is 52.8 cm³/mol. The van der Waals surface area contributed by atoms with Gasteiger partial charge in [-0.05, 0) is 24.3 Å². The van der Waals surface area contributed by atoms with Crippen LogP contribution in [0, 0.1) is 0 Å². The van der Waals surface area contributed by atoms with Crippen LogP contribution in [0.15, 0.2) is 37.4 Å². The van der Waals surface area contributed by atoms with Crippen LogP contribution in [-0.2, 0) is 0 Å². The molecule has 0 fully saturated rings. The summed E-state index contributed by atoms with van der Waals surface area (Å²) < 4.78 is 0. The number of amides is 1. The van der Waals surface area contributed by atoms with Gasteiger partial charge in [0, 0.05) is 12.6 Å². The fourth-order valence-electron chi connectivity index (χ4n) is 0.757. The Bertz CT molecular complexity index is 267. The van der Waals surface area contributed by atoms with Crippen LogP contribution >= 0.6 is 0 Å². The second-order valence-corrected chi connectivity index (χ2v) is 2.13. The molecule has 0 spiro atoms. The molecule has 0 radical (unpaired) electrons. The molecule has 0 aliphatic heterocycles. The molecule has 3 heteroatoms. The van der Waals surface area contributed by atoms with E-state index in [0.29, 0.717) is 5.56 Å². The normalized spacial score (nSPS) is 8.08. The van der Waals surface area contributed by atoms with Crippen LogP contribution in [0.1, 0.15) is 10.4 Å². The molecule has 0 saturated carbocycles. The van der Waals surface area contributed by atoms with Crippen molar-refractivity contribution in [2.75, 3.05) is 7.05 Å². The maximum absolute atomic E-state index is 10.9. The molecule has 70 valence electrons. The first kappa shape index (κ1) is 11.2. The van der Waals surface area contributed by atoms with E-state index in [0.717, 1.165) is 0 Å². The first-order chi connectivity index (χ1) is 6.24. The van der Waals surface area contributed by atoms with Gasteiger partial charge in [0.15, 0.2) is 0 Å². The first-order valence-electron chi connectivity index (χ1n) is 3.75. The second-order valence-electron chi connectivity index (χ2n) is 2.13. The summed E-state index contributed by atoms with van der Waals surface area (Å²) in [5.74, 6) is 0.0163. The lowest BCUT2D eigenvalue weighted by molar-refractivity contribution is 0.0963. The minimum Gasteiger partial charge on any atom is -0.508 e. The van der Waals surface area contributed by atoms with Crippen LogP contribution in [0.4, 0.5) is 0 Å². The summed E-state index contributed by atoms with van der Waals surface area (Å²) in [4.78, 5) is 10.9. The third-order valence-corrected chi connectivity index (χ3v) is 1.36. The zero-order chi connectivity index (χ0) is 10.3.